The van der Waals surface area contributed by atoms with Gasteiger partial charge in [-0.25, -0.2) is 0 Å². The zero-order chi connectivity index (χ0) is 7.68. The topological polar surface area (TPSA) is 27.1 Å². The van der Waals surface area contributed by atoms with Crippen LogP contribution in [-0.2, 0) is 4.74 Å². The summed E-state index contributed by atoms with van der Waals surface area (Å²) in [5.74, 6) is 0. The molecule has 1 unspecified atom stereocenters. The molecule has 0 bridgehead atoms. The van der Waals surface area contributed by atoms with Gasteiger partial charge in [-0.3, -0.25) is 4.68 Å². The van der Waals surface area contributed by atoms with Crippen molar-refractivity contribution in [2.24, 2.45) is 0 Å². The molecule has 0 spiro atoms. The number of nitrogens with zero attached hydrogens (tertiary/aromatic N) is 2. The van der Waals surface area contributed by atoms with Crippen LogP contribution in [0.25, 0.3) is 0 Å². The lowest BCUT2D eigenvalue weighted by molar-refractivity contribution is 0.184. The van der Waals surface area contributed by atoms with Crippen LogP contribution in [0.4, 0.5) is 0 Å². The van der Waals surface area contributed by atoms with Crippen LogP contribution in [0.5, 0.6) is 0 Å². The van der Waals surface area contributed by atoms with Gasteiger partial charge in [-0.15, -0.1) is 0 Å². The number of ether oxygens (including phenoxy) is 1. The fourth-order valence-electron chi connectivity index (χ4n) is 1.25. The smallest absolute Gasteiger partial charge is 0.151 e. The SMILES string of the molecule is Clc1ccn(C2CCOC2)n1. The molecular formula is C7H9ClN2O. The minimum atomic E-state index is 0.391. The maximum atomic E-state index is 5.67. The van der Waals surface area contributed by atoms with E-state index in [1.54, 1.807) is 6.07 Å². The average molecular weight is 173 g/mol. The fraction of sp³-hybridized carbons (Fsp3) is 0.571. The van der Waals surface area contributed by atoms with E-state index in [4.69, 9.17) is 16.3 Å². The lowest BCUT2D eigenvalue weighted by Crippen LogP contribution is -2.08. The molecule has 60 valence electrons. The van der Waals surface area contributed by atoms with Gasteiger partial charge in [-0.2, -0.15) is 5.10 Å². The third-order valence-corrected chi connectivity index (χ3v) is 2.06. The van der Waals surface area contributed by atoms with E-state index >= 15 is 0 Å². The molecule has 1 aromatic rings. The summed E-state index contributed by atoms with van der Waals surface area (Å²) in [4.78, 5) is 0. The number of halogens is 1. The standard InChI is InChI=1S/C7H9ClN2O/c8-7-1-3-10(9-7)6-2-4-11-5-6/h1,3,6H,2,4-5H2. The van der Waals surface area contributed by atoms with E-state index in [2.05, 4.69) is 5.10 Å². The van der Waals surface area contributed by atoms with Crippen LogP contribution < -0.4 is 0 Å². The normalized spacial score (nSPS) is 24.3. The fourth-order valence-corrected chi connectivity index (χ4v) is 1.39. The zero-order valence-electron chi connectivity index (χ0n) is 6.03. The van der Waals surface area contributed by atoms with Crippen LogP contribution in [0, 0.1) is 0 Å². The van der Waals surface area contributed by atoms with Crippen molar-refractivity contribution in [2.75, 3.05) is 13.2 Å². The molecule has 1 aliphatic heterocycles. The van der Waals surface area contributed by atoms with Crippen molar-refractivity contribution in [3.63, 3.8) is 0 Å². The molecule has 11 heavy (non-hydrogen) atoms. The highest BCUT2D eigenvalue weighted by atomic mass is 35.5. The summed E-state index contributed by atoms with van der Waals surface area (Å²) >= 11 is 5.67. The van der Waals surface area contributed by atoms with Gasteiger partial charge in [0.25, 0.3) is 0 Å². The summed E-state index contributed by atoms with van der Waals surface area (Å²) in [6, 6.07) is 2.18. The summed E-state index contributed by atoms with van der Waals surface area (Å²) in [6.45, 7) is 1.60. The Balaban J connectivity index is 2.15. The second kappa shape index (κ2) is 2.83. The van der Waals surface area contributed by atoms with E-state index in [-0.39, 0.29) is 0 Å². The first-order valence-electron chi connectivity index (χ1n) is 3.64. The van der Waals surface area contributed by atoms with Crippen LogP contribution in [0.1, 0.15) is 12.5 Å². The summed E-state index contributed by atoms with van der Waals surface area (Å²) < 4.78 is 7.09. The Kier molecular flexibility index (Phi) is 1.84. The van der Waals surface area contributed by atoms with Crippen molar-refractivity contribution < 1.29 is 4.74 Å². The van der Waals surface area contributed by atoms with Gasteiger partial charge < -0.3 is 4.74 Å². The van der Waals surface area contributed by atoms with Gasteiger partial charge in [-0.05, 0) is 12.5 Å². The van der Waals surface area contributed by atoms with Crippen molar-refractivity contribution in [1.82, 2.24) is 9.78 Å². The molecule has 2 heterocycles. The van der Waals surface area contributed by atoms with E-state index in [0.717, 1.165) is 19.6 Å². The Morgan fingerprint density at radius 1 is 1.73 bits per heavy atom. The molecule has 2 rings (SSSR count). The molecule has 0 radical (unpaired) electrons. The van der Waals surface area contributed by atoms with E-state index in [1.165, 1.54) is 0 Å². The van der Waals surface area contributed by atoms with Gasteiger partial charge in [-0.1, -0.05) is 11.6 Å². The second-order valence-corrected chi connectivity index (χ2v) is 3.02. The average Bonchev–Trinajstić information content (AvgIpc) is 2.55. The lowest BCUT2D eigenvalue weighted by Gasteiger charge is -2.06. The second-order valence-electron chi connectivity index (χ2n) is 2.64. The molecule has 4 heteroatoms. The van der Waals surface area contributed by atoms with Gasteiger partial charge in [0.1, 0.15) is 0 Å². The van der Waals surface area contributed by atoms with Crippen LogP contribution in [0.3, 0.4) is 0 Å². The molecule has 0 aliphatic carbocycles. The molecule has 1 aliphatic rings. The molecule has 1 atom stereocenters. The predicted octanol–water partition coefficient (Wildman–Crippen LogP) is 1.50. The number of aromatic nitrogens is 2. The van der Waals surface area contributed by atoms with E-state index < -0.39 is 0 Å². The summed E-state index contributed by atoms with van der Waals surface area (Å²) in [6.07, 6.45) is 2.93. The van der Waals surface area contributed by atoms with Gasteiger partial charge in [0.2, 0.25) is 0 Å². The van der Waals surface area contributed by atoms with E-state index in [9.17, 15) is 0 Å². The molecule has 1 aromatic heterocycles. The van der Waals surface area contributed by atoms with Gasteiger partial charge in [0.15, 0.2) is 5.15 Å². The summed E-state index contributed by atoms with van der Waals surface area (Å²) in [5.41, 5.74) is 0. The van der Waals surface area contributed by atoms with Crippen molar-refractivity contribution in [2.45, 2.75) is 12.5 Å². The first-order valence-corrected chi connectivity index (χ1v) is 4.02. The van der Waals surface area contributed by atoms with Gasteiger partial charge in [0.05, 0.1) is 12.6 Å². The van der Waals surface area contributed by atoms with Crippen molar-refractivity contribution >= 4 is 11.6 Å². The predicted molar refractivity (Wildman–Crippen MR) is 41.7 cm³/mol. The van der Waals surface area contributed by atoms with Crippen LogP contribution in [0.2, 0.25) is 5.15 Å². The van der Waals surface area contributed by atoms with Crippen molar-refractivity contribution in [3.05, 3.63) is 17.4 Å². The quantitative estimate of drug-likeness (QED) is 0.642. The highest BCUT2D eigenvalue weighted by molar-refractivity contribution is 6.29. The number of hydrogen-bond donors (Lipinski definition) is 0. The Hall–Kier alpha value is -0.540. The maximum Gasteiger partial charge on any atom is 0.151 e. The minimum absolute atomic E-state index is 0.391. The van der Waals surface area contributed by atoms with E-state index in [1.807, 2.05) is 10.9 Å². The minimum Gasteiger partial charge on any atom is -0.379 e. The van der Waals surface area contributed by atoms with Gasteiger partial charge in [0, 0.05) is 12.8 Å². The lowest BCUT2D eigenvalue weighted by atomic mass is 10.3. The molecule has 0 aromatic carbocycles. The summed E-state index contributed by atoms with van der Waals surface area (Å²) in [7, 11) is 0. The van der Waals surface area contributed by atoms with E-state index in [0.29, 0.717) is 11.2 Å². The Morgan fingerprint density at radius 3 is 3.18 bits per heavy atom. The number of hydrogen-bond acceptors (Lipinski definition) is 2. The first-order chi connectivity index (χ1) is 5.36. The van der Waals surface area contributed by atoms with Crippen molar-refractivity contribution in [3.8, 4) is 0 Å². The third-order valence-electron chi connectivity index (χ3n) is 1.86. The van der Waals surface area contributed by atoms with Crippen LogP contribution >= 0.6 is 11.6 Å². The van der Waals surface area contributed by atoms with Crippen molar-refractivity contribution in [1.29, 1.82) is 0 Å². The zero-order valence-corrected chi connectivity index (χ0v) is 6.79. The highest BCUT2D eigenvalue weighted by Crippen LogP contribution is 2.18. The third kappa shape index (κ3) is 1.39. The molecule has 3 nitrogen and oxygen atoms in total. The first kappa shape index (κ1) is 7.13. The Bertz CT molecular complexity index is 242. The largest absolute Gasteiger partial charge is 0.379 e. The molecule has 1 fully saturated rings. The van der Waals surface area contributed by atoms with Crippen LogP contribution in [-0.4, -0.2) is 23.0 Å². The highest BCUT2D eigenvalue weighted by Gasteiger charge is 2.17. The molecular weight excluding hydrogens is 164 g/mol. The van der Waals surface area contributed by atoms with Gasteiger partial charge >= 0.3 is 0 Å². The summed E-state index contributed by atoms with van der Waals surface area (Å²) in [5, 5.41) is 4.65. The monoisotopic (exact) mass is 172 g/mol. The molecule has 0 N–H and O–H groups in total. The molecule has 1 saturated heterocycles. The molecule has 0 saturated carbocycles. The number of rotatable bonds is 1. The maximum absolute atomic E-state index is 5.67. The molecule has 0 amide bonds. The van der Waals surface area contributed by atoms with Crippen LogP contribution in [0.15, 0.2) is 12.3 Å². The Morgan fingerprint density at radius 2 is 2.64 bits per heavy atom. The Labute approximate surface area is 69.9 Å².